The predicted molar refractivity (Wildman–Crippen MR) is 43.5 cm³/mol. The number of allylic oxidation sites excluding steroid dienone is 4. The van der Waals surface area contributed by atoms with E-state index in [1.807, 2.05) is 0 Å². The third-order valence-corrected chi connectivity index (χ3v) is 1.48. The highest BCUT2D eigenvalue weighted by molar-refractivity contribution is 5.24. The molecule has 1 rings (SSSR count). The van der Waals surface area contributed by atoms with Crippen molar-refractivity contribution in [2.75, 3.05) is 0 Å². The minimum absolute atomic E-state index is 0. The van der Waals surface area contributed by atoms with Gasteiger partial charge in [0.25, 0.3) is 0 Å². The second-order valence-corrected chi connectivity index (χ2v) is 2.48. The molecule has 0 fully saturated rings. The Morgan fingerprint density at radius 3 is 2.33 bits per heavy atom. The first-order chi connectivity index (χ1) is 3.79. The zero-order valence-corrected chi connectivity index (χ0v) is 5.57. The molecule has 1 aliphatic carbocycles. The van der Waals surface area contributed by atoms with Gasteiger partial charge in [-0.15, -0.1) is 0 Å². The topological polar surface area (TPSA) is 0 Å². The highest BCUT2D eigenvalue weighted by atomic mass is 14.0. The van der Waals surface area contributed by atoms with Crippen molar-refractivity contribution in [2.45, 2.75) is 34.1 Å². The minimum atomic E-state index is 0. The summed E-state index contributed by atoms with van der Waals surface area (Å²) < 4.78 is 0. The molecule has 0 saturated carbocycles. The minimum Gasteiger partial charge on any atom is -0.0813 e. The van der Waals surface area contributed by atoms with Crippen molar-refractivity contribution in [3.8, 4) is 0 Å². The van der Waals surface area contributed by atoms with E-state index < -0.39 is 0 Å². The summed E-state index contributed by atoms with van der Waals surface area (Å²) in [5, 5.41) is 0. The Kier molecular flexibility index (Phi) is 3.29. The van der Waals surface area contributed by atoms with Crippen LogP contribution in [0.4, 0.5) is 0 Å². The van der Waals surface area contributed by atoms with Crippen LogP contribution in [0.1, 0.15) is 34.1 Å². The molecule has 0 N–H and O–H groups in total. The zero-order chi connectivity index (χ0) is 5.98. The first-order valence-corrected chi connectivity index (χ1v) is 3.13. The standard InChI is InChI=1S/C8H12.CH4/c1-7-4-3-5-8(2)6-7;/h4,6H,3,5H2,1-2H3;1H4. The number of rotatable bonds is 0. The van der Waals surface area contributed by atoms with Crippen LogP contribution in [0.3, 0.4) is 0 Å². The number of hydrogen-bond acceptors (Lipinski definition) is 0. The van der Waals surface area contributed by atoms with Crippen LogP contribution in [0.2, 0.25) is 0 Å². The average Bonchev–Trinajstić information content (AvgIpc) is 1.64. The van der Waals surface area contributed by atoms with Gasteiger partial charge >= 0.3 is 0 Å². The van der Waals surface area contributed by atoms with Crippen LogP contribution in [0, 0.1) is 0 Å². The Labute approximate surface area is 58.3 Å². The van der Waals surface area contributed by atoms with Crippen LogP contribution >= 0.6 is 0 Å². The molecule has 0 saturated heterocycles. The lowest BCUT2D eigenvalue weighted by atomic mass is 10.0. The van der Waals surface area contributed by atoms with Crippen LogP contribution in [0.5, 0.6) is 0 Å². The summed E-state index contributed by atoms with van der Waals surface area (Å²) in [6.07, 6.45) is 7.04. The van der Waals surface area contributed by atoms with Gasteiger partial charge in [0.2, 0.25) is 0 Å². The van der Waals surface area contributed by atoms with Gasteiger partial charge in [-0.05, 0) is 26.7 Å². The number of hydrogen-bond donors (Lipinski definition) is 0. The lowest BCUT2D eigenvalue weighted by molar-refractivity contribution is 0.945. The van der Waals surface area contributed by atoms with Crippen molar-refractivity contribution in [1.29, 1.82) is 0 Å². The highest BCUT2D eigenvalue weighted by Gasteiger charge is 1.94. The monoisotopic (exact) mass is 124 g/mol. The molecular formula is C9H16. The van der Waals surface area contributed by atoms with Crippen molar-refractivity contribution in [1.82, 2.24) is 0 Å². The molecule has 9 heavy (non-hydrogen) atoms. The summed E-state index contributed by atoms with van der Waals surface area (Å²) in [6.45, 7) is 4.35. The highest BCUT2D eigenvalue weighted by Crippen LogP contribution is 2.14. The van der Waals surface area contributed by atoms with Gasteiger partial charge in [-0.2, -0.15) is 0 Å². The third-order valence-electron chi connectivity index (χ3n) is 1.48. The zero-order valence-electron chi connectivity index (χ0n) is 5.57. The normalized spacial score (nSPS) is 17.6. The Morgan fingerprint density at radius 1 is 1.33 bits per heavy atom. The maximum Gasteiger partial charge on any atom is -0.0285 e. The van der Waals surface area contributed by atoms with Gasteiger partial charge in [0.05, 0.1) is 0 Å². The molecule has 52 valence electrons. The van der Waals surface area contributed by atoms with Crippen molar-refractivity contribution in [2.24, 2.45) is 0 Å². The van der Waals surface area contributed by atoms with Crippen molar-refractivity contribution < 1.29 is 0 Å². The third kappa shape index (κ3) is 2.50. The molecule has 0 nitrogen and oxygen atoms in total. The fourth-order valence-corrected chi connectivity index (χ4v) is 1.05. The molecule has 0 heteroatoms. The summed E-state index contributed by atoms with van der Waals surface area (Å²) >= 11 is 0. The summed E-state index contributed by atoms with van der Waals surface area (Å²) in [5.41, 5.74) is 2.94. The maximum absolute atomic E-state index is 2.28. The van der Waals surface area contributed by atoms with Crippen LogP contribution < -0.4 is 0 Å². The van der Waals surface area contributed by atoms with E-state index in [-0.39, 0.29) is 7.43 Å². The molecule has 0 aromatic rings. The van der Waals surface area contributed by atoms with Crippen LogP contribution in [-0.2, 0) is 0 Å². The fraction of sp³-hybridized carbons (Fsp3) is 0.556. The summed E-state index contributed by atoms with van der Waals surface area (Å²) in [5.74, 6) is 0. The lowest BCUT2D eigenvalue weighted by Gasteiger charge is -2.04. The molecule has 0 atom stereocenters. The second-order valence-electron chi connectivity index (χ2n) is 2.48. The van der Waals surface area contributed by atoms with E-state index in [1.54, 1.807) is 0 Å². The van der Waals surface area contributed by atoms with E-state index in [0.29, 0.717) is 0 Å². The quantitative estimate of drug-likeness (QED) is 0.464. The van der Waals surface area contributed by atoms with Gasteiger partial charge < -0.3 is 0 Å². The van der Waals surface area contributed by atoms with Crippen LogP contribution in [0.15, 0.2) is 23.3 Å². The summed E-state index contributed by atoms with van der Waals surface area (Å²) in [4.78, 5) is 0. The van der Waals surface area contributed by atoms with Gasteiger partial charge in [-0.3, -0.25) is 0 Å². The largest absolute Gasteiger partial charge is 0.0813 e. The first kappa shape index (κ1) is 8.48. The van der Waals surface area contributed by atoms with E-state index in [2.05, 4.69) is 26.0 Å². The summed E-state index contributed by atoms with van der Waals surface area (Å²) in [7, 11) is 0. The second kappa shape index (κ2) is 3.49. The van der Waals surface area contributed by atoms with Crippen molar-refractivity contribution in [3.05, 3.63) is 23.3 Å². The van der Waals surface area contributed by atoms with Crippen molar-refractivity contribution >= 4 is 0 Å². The molecular weight excluding hydrogens is 108 g/mol. The first-order valence-electron chi connectivity index (χ1n) is 3.13. The van der Waals surface area contributed by atoms with E-state index in [0.717, 1.165) is 0 Å². The van der Waals surface area contributed by atoms with Crippen molar-refractivity contribution in [3.63, 3.8) is 0 Å². The average molecular weight is 124 g/mol. The smallest absolute Gasteiger partial charge is 0.0285 e. The fourth-order valence-electron chi connectivity index (χ4n) is 1.05. The Bertz CT molecular complexity index is 138. The molecule has 0 radical (unpaired) electrons. The Balaban J connectivity index is 0.000000640. The molecule has 0 heterocycles. The van der Waals surface area contributed by atoms with Gasteiger partial charge in [0, 0.05) is 0 Å². The molecule has 0 aliphatic heterocycles. The summed E-state index contributed by atoms with van der Waals surface area (Å²) in [6, 6.07) is 0. The van der Waals surface area contributed by atoms with Gasteiger partial charge in [0.1, 0.15) is 0 Å². The molecule has 1 aliphatic rings. The molecule has 0 bridgehead atoms. The molecule has 0 unspecified atom stereocenters. The molecule has 0 aromatic heterocycles. The maximum atomic E-state index is 2.28. The lowest BCUT2D eigenvalue weighted by Crippen LogP contribution is -1.84. The molecule has 0 aromatic carbocycles. The Morgan fingerprint density at radius 2 is 2.00 bits per heavy atom. The van der Waals surface area contributed by atoms with E-state index in [1.165, 1.54) is 24.0 Å². The molecule has 0 amide bonds. The van der Waals surface area contributed by atoms with Gasteiger partial charge in [-0.1, -0.05) is 30.7 Å². The van der Waals surface area contributed by atoms with E-state index >= 15 is 0 Å². The van der Waals surface area contributed by atoms with Crippen LogP contribution in [0.25, 0.3) is 0 Å². The Hall–Kier alpha value is -0.520. The van der Waals surface area contributed by atoms with E-state index in [9.17, 15) is 0 Å². The SMILES string of the molecule is C.CC1=CCCC(C)=C1. The van der Waals surface area contributed by atoms with Gasteiger partial charge in [-0.25, -0.2) is 0 Å². The predicted octanol–water partition coefficient (Wildman–Crippen LogP) is 3.31. The van der Waals surface area contributed by atoms with Gasteiger partial charge in [0.15, 0.2) is 0 Å². The van der Waals surface area contributed by atoms with E-state index in [4.69, 9.17) is 0 Å². The van der Waals surface area contributed by atoms with Crippen LogP contribution in [-0.4, -0.2) is 0 Å². The molecule has 0 spiro atoms.